The molecule has 0 aromatic heterocycles. The van der Waals surface area contributed by atoms with Crippen molar-refractivity contribution < 1.29 is 21.6 Å². The summed E-state index contributed by atoms with van der Waals surface area (Å²) in [5.74, 6) is -0.500. The van der Waals surface area contributed by atoms with Gasteiger partial charge in [0.1, 0.15) is 0 Å². The first kappa shape index (κ1) is 19.9. The Bertz CT molecular complexity index is 863. The van der Waals surface area contributed by atoms with Gasteiger partial charge in [-0.05, 0) is 37.5 Å². The Morgan fingerprint density at radius 1 is 1.32 bits per heavy atom. The van der Waals surface area contributed by atoms with Crippen LogP contribution < -0.4 is 5.32 Å². The molecule has 0 spiro atoms. The van der Waals surface area contributed by atoms with Gasteiger partial charge in [-0.15, -0.1) is 0 Å². The summed E-state index contributed by atoms with van der Waals surface area (Å²) < 4.78 is 48.4. The normalized spacial score (nSPS) is 19.9. The molecule has 1 aromatic carbocycles. The first-order chi connectivity index (χ1) is 11.5. The lowest BCUT2D eigenvalue weighted by Gasteiger charge is -2.25. The Kier molecular flexibility index (Phi) is 5.90. The van der Waals surface area contributed by atoms with Gasteiger partial charge in [0.15, 0.2) is 9.84 Å². The number of aryl methyl sites for hydroxylation is 1. The smallest absolute Gasteiger partial charge is 0.225 e. The Labute approximate surface area is 149 Å². The van der Waals surface area contributed by atoms with E-state index in [0.29, 0.717) is 5.69 Å². The third-order valence-corrected chi connectivity index (χ3v) is 7.56. The van der Waals surface area contributed by atoms with Gasteiger partial charge < -0.3 is 5.32 Å². The molecule has 1 N–H and O–H groups in total. The van der Waals surface area contributed by atoms with E-state index in [2.05, 4.69) is 5.32 Å². The van der Waals surface area contributed by atoms with Crippen LogP contribution in [0.5, 0.6) is 0 Å². The number of nitrogens with zero attached hydrogens (tertiary/aromatic N) is 1. The van der Waals surface area contributed by atoms with Crippen LogP contribution in [0, 0.1) is 13.8 Å². The predicted octanol–water partition coefficient (Wildman–Crippen LogP) is 1.08. The van der Waals surface area contributed by atoms with Crippen molar-refractivity contribution in [3.05, 3.63) is 29.3 Å². The van der Waals surface area contributed by atoms with E-state index in [1.807, 2.05) is 26.0 Å². The number of carbonyl (C=O) groups excluding carboxylic acids is 1. The van der Waals surface area contributed by atoms with E-state index >= 15 is 0 Å². The predicted molar refractivity (Wildman–Crippen MR) is 97.8 cm³/mol. The van der Waals surface area contributed by atoms with Gasteiger partial charge in [-0.3, -0.25) is 4.79 Å². The molecule has 1 heterocycles. The van der Waals surface area contributed by atoms with E-state index in [4.69, 9.17) is 0 Å². The van der Waals surface area contributed by atoms with E-state index < -0.39 is 25.9 Å². The largest absolute Gasteiger partial charge is 0.326 e. The number of sulfone groups is 1. The fraction of sp³-hybridized carbons (Fsp3) is 0.562. The number of hydrogen-bond acceptors (Lipinski definition) is 5. The summed E-state index contributed by atoms with van der Waals surface area (Å²) >= 11 is 0. The molecule has 0 aliphatic carbocycles. The van der Waals surface area contributed by atoms with Crippen molar-refractivity contribution in [2.24, 2.45) is 0 Å². The highest BCUT2D eigenvalue weighted by molar-refractivity contribution is 7.92. The lowest BCUT2D eigenvalue weighted by molar-refractivity contribution is -0.116. The molecular formula is C16H24N2O5S2. The molecule has 1 fully saturated rings. The zero-order valence-corrected chi connectivity index (χ0v) is 16.3. The number of benzene rings is 1. The molecular weight excluding hydrogens is 364 g/mol. The molecule has 25 heavy (non-hydrogen) atoms. The fourth-order valence-corrected chi connectivity index (χ4v) is 5.90. The van der Waals surface area contributed by atoms with Gasteiger partial charge in [0, 0.05) is 24.7 Å². The second-order valence-corrected chi connectivity index (χ2v) is 10.6. The van der Waals surface area contributed by atoms with Gasteiger partial charge in [0.25, 0.3) is 0 Å². The molecule has 1 unspecified atom stereocenters. The monoisotopic (exact) mass is 388 g/mol. The number of anilines is 1. The number of hydrogen-bond donors (Lipinski definition) is 1. The van der Waals surface area contributed by atoms with E-state index in [1.165, 1.54) is 0 Å². The van der Waals surface area contributed by atoms with Crippen LogP contribution in [0.2, 0.25) is 0 Å². The molecule has 0 saturated carbocycles. The molecule has 1 aromatic rings. The molecule has 0 bridgehead atoms. The number of sulfonamides is 1. The van der Waals surface area contributed by atoms with Crippen LogP contribution in [0.15, 0.2) is 18.2 Å². The maximum atomic E-state index is 12.2. The molecule has 2 rings (SSSR count). The minimum Gasteiger partial charge on any atom is -0.326 e. The minimum absolute atomic E-state index is 0.0155. The lowest BCUT2D eigenvalue weighted by Crippen LogP contribution is -2.42. The van der Waals surface area contributed by atoms with Crippen LogP contribution in [0.3, 0.4) is 0 Å². The second-order valence-electron chi connectivity index (χ2n) is 6.48. The minimum atomic E-state index is -3.59. The average molecular weight is 389 g/mol. The van der Waals surface area contributed by atoms with Crippen LogP contribution in [0.4, 0.5) is 5.69 Å². The van der Waals surface area contributed by atoms with Gasteiger partial charge in [-0.2, -0.15) is 4.31 Å². The number of nitrogens with one attached hydrogen (secondary N) is 1. The van der Waals surface area contributed by atoms with Crippen molar-refractivity contribution in [1.29, 1.82) is 0 Å². The highest BCUT2D eigenvalue weighted by Crippen LogP contribution is 2.21. The molecule has 140 valence electrons. The Balaban J connectivity index is 2.03. The standard InChI is InChI=1S/C16H24N2O5S2/c1-12-5-4-6-15(13(12)2)17-16(19)7-9-18(24(3,20)21)14-8-10-25(22,23)11-14/h4-6,14H,7-11H2,1-3H3,(H,17,19). The Morgan fingerprint density at radius 2 is 2.00 bits per heavy atom. The van der Waals surface area contributed by atoms with Crippen molar-refractivity contribution in [3.8, 4) is 0 Å². The summed E-state index contributed by atoms with van der Waals surface area (Å²) in [5, 5.41) is 2.79. The van der Waals surface area contributed by atoms with Gasteiger partial charge in [-0.25, -0.2) is 16.8 Å². The highest BCUT2D eigenvalue weighted by Gasteiger charge is 2.36. The van der Waals surface area contributed by atoms with Crippen LogP contribution in [0.1, 0.15) is 24.0 Å². The zero-order valence-electron chi connectivity index (χ0n) is 14.6. The van der Waals surface area contributed by atoms with Crippen molar-refractivity contribution in [1.82, 2.24) is 4.31 Å². The quantitative estimate of drug-likeness (QED) is 0.786. The van der Waals surface area contributed by atoms with Crippen molar-refractivity contribution in [2.75, 3.05) is 29.6 Å². The SMILES string of the molecule is Cc1cccc(NC(=O)CCN(C2CCS(=O)(=O)C2)S(C)(=O)=O)c1C. The van der Waals surface area contributed by atoms with Gasteiger partial charge in [-0.1, -0.05) is 12.1 Å². The van der Waals surface area contributed by atoms with Crippen molar-refractivity contribution in [2.45, 2.75) is 32.7 Å². The average Bonchev–Trinajstić information content (AvgIpc) is 2.82. The maximum Gasteiger partial charge on any atom is 0.225 e. The molecule has 1 atom stereocenters. The summed E-state index contributed by atoms with van der Waals surface area (Å²) in [6, 6.07) is 4.98. The summed E-state index contributed by atoms with van der Waals surface area (Å²) in [5.41, 5.74) is 2.70. The van der Waals surface area contributed by atoms with E-state index in [9.17, 15) is 21.6 Å². The maximum absolute atomic E-state index is 12.2. The Morgan fingerprint density at radius 3 is 2.56 bits per heavy atom. The summed E-state index contributed by atoms with van der Waals surface area (Å²) in [6.07, 6.45) is 1.28. The van der Waals surface area contributed by atoms with Crippen LogP contribution in [-0.4, -0.2) is 57.4 Å². The third kappa shape index (κ3) is 5.26. The van der Waals surface area contributed by atoms with E-state index in [1.54, 1.807) is 6.07 Å². The third-order valence-electron chi connectivity index (χ3n) is 4.48. The fourth-order valence-electron chi connectivity index (χ4n) is 2.93. The van der Waals surface area contributed by atoms with Crippen molar-refractivity contribution >= 4 is 31.5 Å². The van der Waals surface area contributed by atoms with Crippen molar-refractivity contribution in [3.63, 3.8) is 0 Å². The molecule has 0 radical (unpaired) electrons. The second kappa shape index (κ2) is 7.43. The molecule has 7 nitrogen and oxygen atoms in total. The molecule has 1 saturated heterocycles. The first-order valence-corrected chi connectivity index (χ1v) is 11.7. The molecule has 1 amide bonds. The van der Waals surface area contributed by atoms with E-state index in [-0.39, 0.29) is 36.8 Å². The van der Waals surface area contributed by atoms with Crippen LogP contribution in [0.25, 0.3) is 0 Å². The summed E-state index contributed by atoms with van der Waals surface area (Å²) in [6.45, 7) is 3.81. The topological polar surface area (TPSA) is 101 Å². The van der Waals surface area contributed by atoms with Gasteiger partial charge in [0.2, 0.25) is 15.9 Å². The van der Waals surface area contributed by atoms with E-state index in [0.717, 1.165) is 21.7 Å². The summed E-state index contributed by atoms with van der Waals surface area (Å²) in [7, 11) is -6.80. The lowest BCUT2D eigenvalue weighted by atomic mass is 10.1. The molecule has 1 aliphatic rings. The van der Waals surface area contributed by atoms with Gasteiger partial charge in [0.05, 0.1) is 17.8 Å². The van der Waals surface area contributed by atoms with Crippen LogP contribution in [-0.2, 0) is 24.7 Å². The van der Waals surface area contributed by atoms with Crippen LogP contribution >= 0.6 is 0 Å². The highest BCUT2D eigenvalue weighted by atomic mass is 32.2. The van der Waals surface area contributed by atoms with Gasteiger partial charge >= 0.3 is 0 Å². The molecule has 9 heteroatoms. The first-order valence-electron chi connectivity index (χ1n) is 8.03. The summed E-state index contributed by atoms with van der Waals surface area (Å²) in [4.78, 5) is 12.2. The number of rotatable bonds is 6. The zero-order chi connectivity index (χ0) is 18.8. The molecule has 1 aliphatic heterocycles. The number of carbonyl (C=O) groups is 1. The number of amides is 1. The Hall–Kier alpha value is -1.45.